The highest BCUT2D eigenvalue weighted by atomic mass is 32.1. The number of hydrogen-bond donors (Lipinski definition) is 1. The summed E-state index contributed by atoms with van der Waals surface area (Å²) in [5.74, 6) is 0. The maximum Gasteiger partial charge on any atom is 0.348 e. The van der Waals surface area contributed by atoms with E-state index in [0.717, 1.165) is 11.3 Å². The molecule has 1 N–H and O–H groups in total. The second-order valence-corrected chi connectivity index (χ2v) is 3.40. The fraction of sp³-hybridized carbons (Fsp3) is 0.125. The number of rotatable bonds is 4. The molecule has 0 aliphatic rings. The van der Waals surface area contributed by atoms with Crippen LogP contribution in [0, 0.1) is 21.4 Å². The van der Waals surface area contributed by atoms with Gasteiger partial charge in [0.1, 0.15) is 16.6 Å². The fourth-order valence-electron chi connectivity index (χ4n) is 0.881. The number of nitrogens with one attached hydrogen (secondary N) is 1. The van der Waals surface area contributed by atoms with Crippen molar-refractivity contribution in [1.29, 1.82) is 5.26 Å². The van der Waals surface area contributed by atoms with Crippen LogP contribution in [0.4, 0.5) is 10.7 Å². The van der Waals surface area contributed by atoms with Crippen LogP contribution < -0.4 is 5.32 Å². The lowest BCUT2D eigenvalue weighted by Gasteiger charge is -1.97. The molecule has 0 aliphatic carbocycles. The van der Waals surface area contributed by atoms with E-state index in [-0.39, 0.29) is 5.00 Å². The lowest BCUT2D eigenvalue weighted by molar-refractivity contribution is -0.379. The minimum Gasteiger partial charge on any atom is -0.375 e. The molecular weight excluding hydrogens is 202 g/mol. The van der Waals surface area contributed by atoms with Crippen LogP contribution in [0.1, 0.15) is 4.88 Å². The molecule has 14 heavy (non-hydrogen) atoms. The van der Waals surface area contributed by atoms with E-state index >= 15 is 0 Å². The number of nitrogens with zero attached hydrogens (tertiary/aromatic N) is 2. The summed E-state index contributed by atoms with van der Waals surface area (Å²) >= 11 is 0.861. The first-order chi connectivity index (χ1) is 6.69. The molecule has 0 bridgehead atoms. The van der Waals surface area contributed by atoms with Gasteiger partial charge in [-0.15, -0.1) is 6.58 Å². The zero-order chi connectivity index (χ0) is 10.6. The van der Waals surface area contributed by atoms with Crippen molar-refractivity contribution in [3.05, 3.63) is 33.7 Å². The van der Waals surface area contributed by atoms with Crippen LogP contribution in [-0.4, -0.2) is 11.5 Å². The molecule has 0 atom stereocenters. The summed E-state index contributed by atoms with van der Waals surface area (Å²) in [5.41, 5.74) is 0.372. The van der Waals surface area contributed by atoms with E-state index in [1.807, 2.05) is 6.07 Å². The molecule has 1 aromatic rings. The highest BCUT2D eigenvalue weighted by molar-refractivity contribution is 7.16. The molecule has 1 aromatic heterocycles. The van der Waals surface area contributed by atoms with E-state index in [2.05, 4.69) is 11.9 Å². The van der Waals surface area contributed by atoms with E-state index in [4.69, 9.17) is 5.26 Å². The van der Waals surface area contributed by atoms with Crippen molar-refractivity contribution in [3.63, 3.8) is 0 Å². The Morgan fingerprint density at radius 1 is 1.86 bits per heavy atom. The molecule has 5 nitrogen and oxygen atoms in total. The SMILES string of the molecule is C=CCNc1cc(C#N)sc1[N+](=O)[O-]. The molecule has 0 aliphatic heterocycles. The maximum atomic E-state index is 10.6. The van der Waals surface area contributed by atoms with Gasteiger partial charge in [-0.3, -0.25) is 10.1 Å². The third kappa shape index (κ3) is 2.08. The van der Waals surface area contributed by atoms with Gasteiger partial charge in [-0.2, -0.15) is 5.26 Å². The van der Waals surface area contributed by atoms with Crippen LogP contribution in [-0.2, 0) is 0 Å². The van der Waals surface area contributed by atoms with Crippen molar-refractivity contribution in [1.82, 2.24) is 0 Å². The Kier molecular flexibility index (Phi) is 3.20. The molecule has 0 spiro atoms. The molecule has 0 unspecified atom stereocenters. The van der Waals surface area contributed by atoms with Crippen LogP contribution in [0.3, 0.4) is 0 Å². The summed E-state index contributed by atoms with van der Waals surface area (Å²) < 4.78 is 0. The number of hydrogen-bond acceptors (Lipinski definition) is 5. The summed E-state index contributed by atoms with van der Waals surface area (Å²) in [7, 11) is 0. The van der Waals surface area contributed by atoms with E-state index in [1.54, 1.807) is 6.08 Å². The first kappa shape index (κ1) is 10.2. The van der Waals surface area contributed by atoms with Crippen molar-refractivity contribution in [2.45, 2.75) is 0 Å². The van der Waals surface area contributed by atoms with E-state index in [0.29, 0.717) is 17.1 Å². The third-order valence-electron chi connectivity index (χ3n) is 1.43. The van der Waals surface area contributed by atoms with Gasteiger partial charge in [0.25, 0.3) is 0 Å². The minimum atomic E-state index is -0.503. The average molecular weight is 209 g/mol. The lowest BCUT2D eigenvalue weighted by atomic mass is 10.4. The molecule has 0 saturated carbocycles. The third-order valence-corrected chi connectivity index (χ3v) is 2.42. The van der Waals surface area contributed by atoms with Gasteiger partial charge in [-0.1, -0.05) is 6.08 Å². The predicted molar refractivity (Wildman–Crippen MR) is 54.4 cm³/mol. The topological polar surface area (TPSA) is 79.0 Å². The quantitative estimate of drug-likeness (QED) is 0.468. The lowest BCUT2D eigenvalue weighted by Crippen LogP contribution is -1.98. The summed E-state index contributed by atoms with van der Waals surface area (Å²) in [6.45, 7) is 3.92. The van der Waals surface area contributed by atoms with Gasteiger partial charge in [-0.05, 0) is 17.4 Å². The average Bonchev–Trinajstić information content (AvgIpc) is 2.58. The summed E-state index contributed by atoms with van der Waals surface area (Å²) in [6, 6.07) is 3.33. The van der Waals surface area contributed by atoms with E-state index < -0.39 is 4.92 Å². The van der Waals surface area contributed by atoms with Crippen LogP contribution in [0.5, 0.6) is 0 Å². The Labute approximate surface area is 84.4 Å². The van der Waals surface area contributed by atoms with Gasteiger partial charge >= 0.3 is 5.00 Å². The second-order valence-electron chi connectivity index (χ2n) is 2.37. The molecule has 0 fully saturated rings. The van der Waals surface area contributed by atoms with Gasteiger partial charge in [0, 0.05) is 6.54 Å². The van der Waals surface area contributed by atoms with Crippen molar-refractivity contribution in [2.75, 3.05) is 11.9 Å². The molecule has 0 amide bonds. The Morgan fingerprint density at radius 3 is 3.07 bits per heavy atom. The van der Waals surface area contributed by atoms with Crippen molar-refractivity contribution in [2.24, 2.45) is 0 Å². The highest BCUT2D eigenvalue weighted by Gasteiger charge is 2.18. The first-order valence-electron chi connectivity index (χ1n) is 3.72. The summed E-state index contributed by atoms with van der Waals surface area (Å²) in [6.07, 6.45) is 1.59. The Morgan fingerprint density at radius 2 is 2.57 bits per heavy atom. The minimum absolute atomic E-state index is 0.0385. The van der Waals surface area contributed by atoms with Crippen LogP contribution in [0.15, 0.2) is 18.7 Å². The van der Waals surface area contributed by atoms with Gasteiger partial charge in [0.05, 0.1) is 4.92 Å². The number of nitriles is 1. The number of thiophene rings is 1. The summed E-state index contributed by atoms with van der Waals surface area (Å²) in [4.78, 5) is 10.4. The smallest absolute Gasteiger partial charge is 0.348 e. The standard InChI is InChI=1S/C8H7N3O2S/c1-2-3-10-7-4-6(5-9)14-8(7)11(12)13/h2,4,10H,1,3H2. The van der Waals surface area contributed by atoms with Crippen molar-refractivity contribution in [3.8, 4) is 6.07 Å². The zero-order valence-electron chi connectivity index (χ0n) is 7.19. The van der Waals surface area contributed by atoms with Crippen molar-refractivity contribution < 1.29 is 4.92 Å². The summed E-state index contributed by atoms with van der Waals surface area (Å²) in [5, 5.41) is 21.9. The van der Waals surface area contributed by atoms with Gasteiger partial charge < -0.3 is 5.32 Å². The molecule has 1 rings (SSSR count). The molecular formula is C8H7N3O2S. The van der Waals surface area contributed by atoms with Gasteiger partial charge in [0.15, 0.2) is 0 Å². The number of nitro groups is 1. The molecule has 1 heterocycles. The normalized spacial score (nSPS) is 9.07. The number of anilines is 1. The highest BCUT2D eigenvalue weighted by Crippen LogP contribution is 2.33. The monoisotopic (exact) mass is 209 g/mol. The van der Waals surface area contributed by atoms with Crippen molar-refractivity contribution >= 4 is 22.0 Å². The van der Waals surface area contributed by atoms with Crippen LogP contribution >= 0.6 is 11.3 Å². The zero-order valence-corrected chi connectivity index (χ0v) is 8.00. The molecule has 0 aromatic carbocycles. The maximum absolute atomic E-state index is 10.6. The molecule has 0 saturated heterocycles. The second kappa shape index (κ2) is 4.39. The largest absolute Gasteiger partial charge is 0.375 e. The Balaban J connectivity index is 3.00. The van der Waals surface area contributed by atoms with Gasteiger partial charge in [0.2, 0.25) is 0 Å². The van der Waals surface area contributed by atoms with E-state index in [1.165, 1.54) is 6.07 Å². The Bertz CT molecular complexity index is 405. The Hall–Kier alpha value is -1.87. The van der Waals surface area contributed by atoms with Crippen LogP contribution in [0.2, 0.25) is 0 Å². The molecule has 6 heteroatoms. The predicted octanol–water partition coefficient (Wildman–Crippen LogP) is 2.13. The van der Waals surface area contributed by atoms with Gasteiger partial charge in [-0.25, -0.2) is 0 Å². The van der Waals surface area contributed by atoms with E-state index in [9.17, 15) is 10.1 Å². The molecule has 0 radical (unpaired) electrons. The fourth-order valence-corrected chi connectivity index (χ4v) is 1.63. The first-order valence-corrected chi connectivity index (χ1v) is 4.53. The van der Waals surface area contributed by atoms with Crippen LogP contribution in [0.25, 0.3) is 0 Å². The molecule has 72 valence electrons.